The van der Waals surface area contributed by atoms with Crippen LogP contribution in [0.3, 0.4) is 0 Å². The van der Waals surface area contributed by atoms with Crippen molar-refractivity contribution in [3.63, 3.8) is 0 Å². The molecule has 2 fully saturated rings. The third-order valence-corrected chi connectivity index (χ3v) is 5.98. The molecule has 1 heterocycles. The molecular formula is C20H37N3O2. The summed E-state index contributed by atoms with van der Waals surface area (Å²) in [5, 5.41) is 9.64. The first-order valence-electron chi connectivity index (χ1n) is 10.4. The Bertz CT molecular complexity index is 427. The molecule has 0 spiro atoms. The van der Waals surface area contributed by atoms with Crippen molar-refractivity contribution in [2.45, 2.75) is 83.6 Å². The monoisotopic (exact) mass is 351 g/mol. The Labute approximate surface area is 153 Å². The van der Waals surface area contributed by atoms with Gasteiger partial charge >= 0.3 is 0 Å². The molecule has 0 aromatic heterocycles. The molecule has 2 amide bonds. The quantitative estimate of drug-likeness (QED) is 0.589. The number of hydrogen-bond donors (Lipinski definition) is 3. The second kappa shape index (κ2) is 10.1. The van der Waals surface area contributed by atoms with E-state index in [0.29, 0.717) is 24.8 Å². The van der Waals surface area contributed by atoms with Crippen molar-refractivity contribution in [1.29, 1.82) is 0 Å². The second-order valence-electron chi connectivity index (χ2n) is 8.09. The van der Waals surface area contributed by atoms with Gasteiger partial charge in [-0.3, -0.25) is 9.59 Å². The van der Waals surface area contributed by atoms with Crippen LogP contribution in [0.2, 0.25) is 0 Å². The third-order valence-electron chi connectivity index (χ3n) is 5.98. The molecule has 144 valence electrons. The molecular weight excluding hydrogens is 314 g/mol. The molecule has 2 rings (SSSR count). The molecule has 0 aromatic rings. The molecule has 1 aliphatic carbocycles. The van der Waals surface area contributed by atoms with Gasteiger partial charge in [0.25, 0.3) is 0 Å². The number of nitrogens with one attached hydrogen (secondary N) is 3. The van der Waals surface area contributed by atoms with Gasteiger partial charge in [-0.2, -0.15) is 0 Å². The highest BCUT2D eigenvalue weighted by molar-refractivity contribution is 5.91. The van der Waals surface area contributed by atoms with Gasteiger partial charge in [0.1, 0.15) is 5.54 Å². The number of carbonyl (C=O) groups excluding carboxylic acids is 2. The van der Waals surface area contributed by atoms with Crippen LogP contribution in [0.4, 0.5) is 0 Å². The minimum absolute atomic E-state index is 0.0287. The van der Waals surface area contributed by atoms with Gasteiger partial charge < -0.3 is 16.0 Å². The second-order valence-corrected chi connectivity index (χ2v) is 8.09. The zero-order chi connectivity index (χ0) is 18.1. The van der Waals surface area contributed by atoms with Crippen LogP contribution in [0.1, 0.15) is 78.1 Å². The fourth-order valence-corrected chi connectivity index (χ4v) is 4.25. The van der Waals surface area contributed by atoms with E-state index in [1.54, 1.807) is 0 Å². The number of carbonyl (C=O) groups is 2. The topological polar surface area (TPSA) is 70.2 Å². The van der Waals surface area contributed by atoms with Crippen molar-refractivity contribution in [3.8, 4) is 0 Å². The molecule has 5 nitrogen and oxygen atoms in total. The van der Waals surface area contributed by atoms with E-state index in [2.05, 4.69) is 29.8 Å². The van der Waals surface area contributed by atoms with Crippen molar-refractivity contribution in [3.05, 3.63) is 0 Å². The summed E-state index contributed by atoms with van der Waals surface area (Å²) in [6.07, 6.45) is 9.71. The van der Waals surface area contributed by atoms with Gasteiger partial charge in [0.2, 0.25) is 11.8 Å². The molecule has 5 heteroatoms. The highest BCUT2D eigenvalue weighted by Gasteiger charge is 2.40. The number of rotatable bonds is 8. The average Bonchev–Trinajstić information content (AvgIpc) is 2.63. The average molecular weight is 352 g/mol. The highest BCUT2D eigenvalue weighted by atomic mass is 16.2. The summed E-state index contributed by atoms with van der Waals surface area (Å²) in [5.41, 5.74) is -0.673. The van der Waals surface area contributed by atoms with Crippen molar-refractivity contribution in [2.24, 2.45) is 11.8 Å². The van der Waals surface area contributed by atoms with Crippen LogP contribution in [0.5, 0.6) is 0 Å². The normalized spacial score (nSPS) is 24.3. The molecule has 1 aliphatic heterocycles. The summed E-state index contributed by atoms with van der Waals surface area (Å²) >= 11 is 0. The van der Waals surface area contributed by atoms with Crippen LogP contribution < -0.4 is 16.0 Å². The van der Waals surface area contributed by atoms with E-state index in [9.17, 15) is 9.59 Å². The van der Waals surface area contributed by atoms with E-state index in [0.717, 1.165) is 58.0 Å². The van der Waals surface area contributed by atoms with Gasteiger partial charge in [-0.25, -0.2) is 0 Å². The van der Waals surface area contributed by atoms with E-state index in [-0.39, 0.29) is 11.8 Å². The number of unbranched alkanes of at least 4 members (excludes halogenated alkanes) is 1. The van der Waals surface area contributed by atoms with Crippen molar-refractivity contribution in [1.82, 2.24) is 16.0 Å². The molecule has 0 bridgehead atoms. The SMILES string of the molecule is CCCCNC(=O)C1(NC(=O)CC(C)C2CCCNC2)CCCCC1. The van der Waals surface area contributed by atoms with Crippen molar-refractivity contribution < 1.29 is 9.59 Å². The first-order chi connectivity index (χ1) is 12.1. The predicted octanol–water partition coefficient (Wildman–Crippen LogP) is 2.75. The Kier molecular flexibility index (Phi) is 8.20. The van der Waals surface area contributed by atoms with Crippen LogP contribution in [-0.4, -0.2) is 37.0 Å². The molecule has 1 saturated carbocycles. The van der Waals surface area contributed by atoms with E-state index in [4.69, 9.17) is 0 Å². The Morgan fingerprint density at radius 3 is 2.60 bits per heavy atom. The zero-order valence-corrected chi connectivity index (χ0v) is 16.2. The largest absolute Gasteiger partial charge is 0.354 e. The van der Waals surface area contributed by atoms with Gasteiger partial charge in [0, 0.05) is 13.0 Å². The standard InChI is InChI=1S/C20H37N3O2/c1-3-4-13-22-19(25)20(10-6-5-7-11-20)23-18(24)14-16(2)17-9-8-12-21-15-17/h16-17,21H,3-15H2,1-2H3,(H,22,25)(H,23,24). The van der Waals surface area contributed by atoms with Crippen LogP contribution in [0, 0.1) is 11.8 Å². The molecule has 25 heavy (non-hydrogen) atoms. The van der Waals surface area contributed by atoms with E-state index >= 15 is 0 Å². The summed E-state index contributed by atoms with van der Waals surface area (Å²) in [6, 6.07) is 0. The number of hydrogen-bond acceptors (Lipinski definition) is 3. The molecule has 1 saturated heterocycles. The zero-order valence-electron chi connectivity index (χ0n) is 16.2. The van der Waals surface area contributed by atoms with Crippen molar-refractivity contribution in [2.75, 3.05) is 19.6 Å². The molecule has 0 aromatic carbocycles. The number of amides is 2. The van der Waals surface area contributed by atoms with Crippen LogP contribution in [0.25, 0.3) is 0 Å². The van der Waals surface area contributed by atoms with Crippen LogP contribution in [-0.2, 0) is 9.59 Å². The van der Waals surface area contributed by atoms with Gasteiger partial charge in [0.15, 0.2) is 0 Å². The molecule has 0 radical (unpaired) electrons. The van der Waals surface area contributed by atoms with Gasteiger partial charge in [-0.1, -0.05) is 39.5 Å². The molecule has 2 aliphatic rings. The van der Waals surface area contributed by atoms with E-state index in [1.165, 1.54) is 12.8 Å². The minimum Gasteiger partial charge on any atom is -0.354 e. The van der Waals surface area contributed by atoms with Crippen LogP contribution >= 0.6 is 0 Å². The lowest BCUT2D eigenvalue weighted by atomic mass is 9.80. The van der Waals surface area contributed by atoms with E-state index in [1.807, 2.05) is 0 Å². The third kappa shape index (κ3) is 5.98. The first kappa shape index (κ1) is 20.2. The fraction of sp³-hybridized carbons (Fsp3) is 0.900. The Morgan fingerprint density at radius 2 is 1.96 bits per heavy atom. The summed E-state index contributed by atoms with van der Waals surface area (Å²) in [6.45, 7) is 7.10. The maximum absolute atomic E-state index is 12.8. The Morgan fingerprint density at radius 1 is 1.20 bits per heavy atom. The highest BCUT2D eigenvalue weighted by Crippen LogP contribution is 2.29. The fourth-order valence-electron chi connectivity index (χ4n) is 4.25. The maximum atomic E-state index is 12.8. The summed E-state index contributed by atoms with van der Waals surface area (Å²) < 4.78 is 0. The van der Waals surface area contributed by atoms with Gasteiger partial charge in [0.05, 0.1) is 0 Å². The minimum atomic E-state index is -0.673. The lowest BCUT2D eigenvalue weighted by Gasteiger charge is -2.37. The molecule has 2 atom stereocenters. The maximum Gasteiger partial charge on any atom is 0.245 e. The van der Waals surface area contributed by atoms with Crippen LogP contribution in [0.15, 0.2) is 0 Å². The Balaban J connectivity index is 1.91. The van der Waals surface area contributed by atoms with Gasteiger partial charge in [-0.15, -0.1) is 0 Å². The number of piperidine rings is 1. The van der Waals surface area contributed by atoms with Gasteiger partial charge in [-0.05, 0) is 57.0 Å². The smallest absolute Gasteiger partial charge is 0.245 e. The predicted molar refractivity (Wildman–Crippen MR) is 101 cm³/mol. The first-order valence-corrected chi connectivity index (χ1v) is 10.4. The summed E-state index contributed by atoms with van der Waals surface area (Å²) in [7, 11) is 0. The van der Waals surface area contributed by atoms with E-state index < -0.39 is 5.54 Å². The lowest BCUT2D eigenvalue weighted by molar-refractivity contribution is -0.135. The molecule has 3 N–H and O–H groups in total. The summed E-state index contributed by atoms with van der Waals surface area (Å²) in [5.74, 6) is 1.00. The molecule has 2 unspecified atom stereocenters. The lowest BCUT2D eigenvalue weighted by Crippen LogP contribution is -2.60. The van der Waals surface area contributed by atoms with Crippen molar-refractivity contribution >= 4 is 11.8 Å². The Hall–Kier alpha value is -1.10. The summed E-state index contributed by atoms with van der Waals surface area (Å²) in [4.78, 5) is 25.5.